The molecule has 1 aliphatic carbocycles. The Morgan fingerprint density at radius 1 is 1.09 bits per heavy atom. The molecule has 0 radical (unpaired) electrons. The van der Waals surface area contributed by atoms with Gasteiger partial charge in [-0.05, 0) is 57.3 Å². The maximum Gasteiger partial charge on any atom is 0.317 e. The molecular formula is C18H34N2O2. The van der Waals surface area contributed by atoms with Gasteiger partial charge in [0.1, 0.15) is 0 Å². The number of ether oxygens (including phenoxy) is 1. The van der Waals surface area contributed by atoms with Gasteiger partial charge in [-0.25, -0.2) is 4.79 Å². The van der Waals surface area contributed by atoms with Crippen molar-refractivity contribution in [2.24, 2.45) is 5.92 Å². The van der Waals surface area contributed by atoms with E-state index in [1.54, 1.807) is 7.11 Å². The molecule has 2 fully saturated rings. The first-order chi connectivity index (χ1) is 10.8. The molecule has 0 unspecified atom stereocenters. The Morgan fingerprint density at radius 3 is 2.45 bits per heavy atom. The molecule has 0 spiro atoms. The maximum atomic E-state index is 12.5. The standard InChI is InChI=1S/C18H34N2O2/c1-22-15-9-6-12-17(16-10-4-2-5-11-16)19-18(21)20-13-7-3-8-14-20/h16-17H,2-15H2,1H3,(H,19,21)/t17-/m0/s1. The van der Waals surface area contributed by atoms with Crippen molar-refractivity contribution in [1.82, 2.24) is 10.2 Å². The van der Waals surface area contributed by atoms with Gasteiger partial charge in [0.05, 0.1) is 0 Å². The minimum absolute atomic E-state index is 0.182. The lowest BCUT2D eigenvalue weighted by molar-refractivity contribution is 0.166. The highest BCUT2D eigenvalue weighted by atomic mass is 16.5. The predicted molar refractivity (Wildman–Crippen MR) is 90.0 cm³/mol. The molecular weight excluding hydrogens is 276 g/mol. The number of piperidine rings is 1. The minimum Gasteiger partial charge on any atom is -0.385 e. The van der Waals surface area contributed by atoms with Crippen LogP contribution in [0.25, 0.3) is 0 Å². The van der Waals surface area contributed by atoms with Crippen LogP contribution in [0.3, 0.4) is 0 Å². The molecule has 1 atom stereocenters. The lowest BCUT2D eigenvalue weighted by atomic mass is 9.82. The second kappa shape index (κ2) is 10.1. The molecule has 1 heterocycles. The van der Waals surface area contributed by atoms with E-state index in [2.05, 4.69) is 5.32 Å². The Bertz CT molecular complexity index is 310. The lowest BCUT2D eigenvalue weighted by Crippen LogP contribution is -2.49. The van der Waals surface area contributed by atoms with Crippen LogP contribution in [-0.4, -0.2) is 43.8 Å². The van der Waals surface area contributed by atoms with Crippen molar-refractivity contribution in [3.63, 3.8) is 0 Å². The van der Waals surface area contributed by atoms with Crippen LogP contribution < -0.4 is 5.32 Å². The monoisotopic (exact) mass is 310 g/mol. The summed E-state index contributed by atoms with van der Waals surface area (Å²) in [6.07, 6.45) is 13.6. The summed E-state index contributed by atoms with van der Waals surface area (Å²) in [4.78, 5) is 14.6. The molecule has 22 heavy (non-hydrogen) atoms. The Kier molecular flexibility index (Phi) is 8.06. The van der Waals surface area contributed by atoms with Crippen LogP contribution in [0.4, 0.5) is 4.79 Å². The Labute approximate surface area is 136 Å². The molecule has 4 heteroatoms. The van der Waals surface area contributed by atoms with Gasteiger partial charge in [-0.3, -0.25) is 0 Å². The van der Waals surface area contributed by atoms with Gasteiger partial charge in [-0.15, -0.1) is 0 Å². The Hall–Kier alpha value is -0.770. The fourth-order valence-electron chi connectivity index (χ4n) is 3.92. The van der Waals surface area contributed by atoms with E-state index in [0.29, 0.717) is 12.0 Å². The molecule has 0 aromatic rings. The zero-order valence-corrected chi connectivity index (χ0v) is 14.3. The zero-order valence-electron chi connectivity index (χ0n) is 14.3. The van der Waals surface area contributed by atoms with Crippen LogP contribution in [0.1, 0.15) is 70.6 Å². The van der Waals surface area contributed by atoms with Gasteiger partial charge in [0, 0.05) is 32.8 Å². The number of hydrogen-bond donors (Lipinski definition) is 1. The van der Waals surface area contributed by atoms with Crippen molar-refractivity contribution in [1.29, 1.82) is 0 Å². The van der Waals surface area contributed by atoms with Gasteiger partial charge in [0.2, 0.25) is 0 Å². The summed E-state index contributed by atoms with van der Waals surface area (Å²) in [5.41, 5.74) is 0. The molecule has 2 aliphatic rings. The average Bonchev–Trinajstić information content (AvgIpc) is 2.59. The van der Waals surface area contributed by atoms with Gasteiger partial charge in [-0.2, -0.15) is 0 Å². The van der Waals surface area contributed by atoms with Gasteiger partial charge < -0.3 is 15.0 Å². The Balaban J connectivity index is 1.83. The fourth-order valence-corrected chi connectivity index (χ4v) is 3.92. The van der Waals surface area contributed by atoms with E-state index >= 15 is 0 Å². The zero-order chi connectivity index (χ0) is 15.6. The number of hydrogen-bond acceptors (Lipinski definition) is 2. The molecule has 1 saturated heterocycles. The molecule has 4 nitrogen and oxygen atoms in total. The van der Waals surface area contributed by atoms with E-state index in [1.165, 1.54) is 38.5 Å². The fraction of sp³-hybridized carbons (Fsp3) is 0.944. The summed E-state index contributed by atoms with van der Waals surface area (Å²) in [5, 5.41) is 3.38. The first-order valence-electron chi connectivity index (χ1n) is 9.35. The molecule has 0 aromatic heterocycles. The second-order valence-corrected chi connectivity index (χ2v) is 6.99. The van der Waals surface area contributed by atoms with Gasteiger partial charge in [0.15, 0.2) is 0 Å². The summed E-state index contributed by atoms with van der Waals surface area (Å²) >= 11 is 0. The Morgan fingerprint density at radius 2 is 1.77 bits per heavy atom. The van der Waals surface area contributed by atoms with Crippen molar-refractivity contribution in [3.05, 3.63) is 0 Å². The van der Waals surface area contributed by atoms with Crippen molar-refractivity contribution in [3.8, 4) is 0 Å². The van der Waals surface area contributed by atoms with Gasteiger partial charge >= 0.3 is 6.03 Å². The highest BCUT2D eigenvalue weighted by molar-refractivity contribution is 5.74. The van der Waals surface area contributed by atoms with Gasteiger partial charge in [0.25, 0.3) is 0 Å². The van der Waals surface area contributed by atoms with Crippen LogP contribution in [0.15, 0.2) is 0 Å². The summed E-state index contributed by atoms with van der Waals surface area (Å²) in [6, 6.07) is 0.550. The van der Waals surface area contributed by atoms with E-state index in [9.17, 15) is 4.79 Å². The third-order valence-electron chi connectivity index (χ3n) is 5.28. The first-order valence-corrected chi connectivity index (χ1v) is 9.35. The number of carbonyl (C=O) groups is 1. The second-order valence-electron chi connectivity index (χ2n) is 6.99. The number of carbonyl (C=O) groups excluding carboxylic acids is 1. The summed E-state index contributed by atoms with van der Waals surface area (Å²) in [6.45, 7) is 2.71. The molecule has 1 saturated carbocycles. The summed E-state index contributed by atoms with van der Waals surface area (Å²) in [5.74, 6) is 0.685. The highest BCUT2D eigenvalue weighted by Crippen LogP contribution is 2.28. The number of nitrogens with one attached hydrogen (secondary N) is 1. The molecule has 2 rings (SSSR count). The van der Waals surface area contributed by atoms with Crippen molar-refractivity contribution in [2.75, 3.05) is 26.8 Å². The van der Waals surface area contributed by atoms with Crippen molar-refractivity contribution < 1.29 is 9.53 Å². The summed E-state index contributed by atoms with van der Waals surface area (Å²) < 4.78 is 5.15. The first kappa shape index (κ1) is 17.6. The number of likely N-dealkylation sites (tertiary alicyclic amines) is 1. The van der Waals surface area contributed by atoms with Crippen LogP contribution in [0.2, 0.25) is 0 Å². The number of amides is 2. The molecule has 0 bridgehead atoms. The normalized spacial score (nSPS) is 21.6. The number of unbranched alkanes of at least 4 members (excludes halogenated alkanes) is 1. The van der Waals surface area contributed by atoms with Crippen molar-refractivity contribution in [2.45, 2.75) is 76.7 Å². The summed E-state index contributed by atoms with van der Waals surface area (Å²) in [7, 11) is 1.76. The van der Waals surface area contributed by atoms with Gasteiger partial charge in [-0.1, -0.05) is 19.3 Å². The molecule has 0 aromatic carbocycles. The third-order valence-corrected chi connectivity index (χ3v) is 5.28. The maximum absolute atomic E-state index is 12.5. The van der Waals surface area contributed by atoms with Crippen LogP contribution in [0, 0.1) is 5.92 Å². The van der Waals surface area contributed by atoms with E-state index in [4.69, 9.17) is 4.74 Å². The molecule has 128 valence electrons. The number of methoxy groups -OCH3 is 1. The highest BCUT2D eigenvalue weighted by Gasteiger charge is 2.26. The average molecular weight is 310 g/mol. The largest absolute Gasteiger partial charge is 0.385 e. The smallest absolute Gasteiger partial charge is 0.317 e. The SMILES string of the molecule is COCCCC[C@H](NC(=O)N1CCCCC1)C1CCCCC1. The quantitative estimate of drug-likeness (QED) is 0.723. The van der Waals surface area contributed by atoms with Crippen molar-refractivity contribution >= 4 is 6.03 Å². The molecule has 1 N–H and O–H groups in total. The number of urea groups is 1. The predicted octanol–water partition coefficient (Wildman–Crippen LogP) is 3.95. The van der Waals surface area contributed by atoms with Crippen LogP contribution in [-0.2, 0) is 4.74 Å². The van der Waals surface area contributed by atoms with E-state index < -0.39 is 0 Å². The van der Waals surface area contributed by atoms with E-state index in [1.807, 2.05) is 4.90 Å². The lowest BCUT2D eigenvalue weighted by Gasteiger charge is -2.34. The molecule has 1 aliphatic heterocycles. The van der Waals surface area contributed by atoms with E-state index in [0.717, 1.165) is 51.8 Å². The molecule has 2 amide bonds. The van der Waals surface area contributed by atoms with Crippen LogP contribution in [0.5, 0.6) is 0 Å². The topological polar surface area (TPSA) is 41.6 Å². The third kappa shape index (κ3) is 5.79. The van der Waals surface area contributed by atoms with E-state index in [-0.39, 0.29) is 6.03 Å². The van der Waals surface area contributed by atoms with Crippen LogP contribution >= 0.6 is 0 Å². The number of nitrogens with zero attached hydrogens (tertiary/aromatic N) is 1. The minimum atomic E-state index is 0.182. The number of rotatable bonds is 7.